The Morgan fingerprint density at radius 1 is 1.37 bits per heavy atom. The quantitative estimate of drug-likeness (QED) is 0.755. The van der Waals surface area contributed by atoms with Gasteiger partial charge in [-0.1, -0.05) is 31.2 Å². The van der Waals surface area contributed by atoms with E-state index in [0.29, 0.717) is 13.1 Å². The van der Waals surface area contributed by atoms with Gasteiger partial charge in [-0.25, -0.2) is 0 Å². The molecule has 2 aromatic rings. The minimum Gasteiger partial charge on any atom is -0.352 e. The van der Waals surface area contributed by atoms with Crippen LogP contribution in [0.15, 0.2) is 36.5 Å². The van der Waals surface area contributed by atoms with Gasteiger partial charge in [0.2, 0.25) is 5.91 Å². The van der Waals surface area contributed by atoms with Crippen molar-refractivity contribution in [3.63, 3.8) is 0 Å². The predicted molar refractivity (Wildman–Crippen MR) is 74.1 cm³/mol. The number of benzene rings is 1. The van der Waals surface area contributed by atoms with Crippen molar-refractivity contribution in [1.29, 1.82) is 0 Å². The van der Waals surface area contributed by atoms with Crippen LogP contribution in [0.1, 0.15) is 12.5 Å². The van der Waals surface area contributed by atoms with Crippen molar-refractivity contribution in [1.82, 2.24) is 15.5 Å². The van der Waals surface area contributed by atoms with Gasteiger partial charge in [0, 0.05) is 25.2 Å². The Balaban J connectivity index is 1.94. The van der Waals surface area contributed by atoms with E-state index in [1.54, 1.807) is 6.20 Å². The van der Waals surface area contributed by atoms with Crippen molar-refractivity contribution < 1.29 is 4.79 Å². The lowest BCUT2D eigenvalue weighted by Gasteiger charge is -2.10. The molecule has 0 aliphatic rings. The van der Waals surface area contributed by atoms with Crippen LogP contribution in [0.4, 0.5) is 0 Å². The molecule has 0 aliphatic heterocycles. The van der Waals surface area contributed by atoms with Gasteiger partial charge >= 0.3 is 0 Å². The number of carbonyl (C=O) groups excluding carboxylic acids is 1. The molecule has 1 amide bonds. The number of nitrogens with zero attached hydrogens (tertiary/aromatic N) is 1. The third-order valence-electron chi connectivity index (χ3n) is 3.03. The third kappa shape index (κ3) is 3.42. The Morgan fingerprint density at radius 3 is 2.68 bits per heavy atom. The van der Waals surface area contributed by atoms with E-state index in [1.165, 1.54) is 0 Å². The number of carbonyl (C=O) groups is 1. The molecule has 0 aliphatic carbocycles. The summed E-state index contributed by atoms with van der Waals surface area (Å²) >= 11 is 0. The highest BCUT2D eigenvalue weighted by Gasteiger charge is 2.09. The van der Waals surface area contributed by atoms with Gasteiger partial charge in [0.25, 0.3) is 0 Å². The normalized spacial score (nSPS) is 12.1. The van der Waals surface area contributed by atoms with Crippen LogP contribution >= 0.6 is 0 Å². The van der Waals surface area contributed by atoms with Gasteiger partial charge in [-0.15, -0.1) is 0 Å². The highest BCUT2D eigenvalue weighted by atomic mass is 16.1. The zero-order chi connectivity index (χ0) is 13.7. The van der Waals surface area contributed by atoms with Crippen molar-refractivity contribution in [2.24, 2.45) is 11.7 Å². The average molecular weight is 258 g/mol. The molecule has 5 nitrogen and oxygen atoms in total. The first-order valence-corrected chi connectivity index (χ1v) is 6.27. The van der Waals surface area contributed by atoms with Crippen LogP contribution < -0.4 is 11.1 Å². The molecule has 0 saturated heterocycles. The van der Waals surface area contributed by atoms with Crippen LogP contribution in [0.3, 0.4) is 0 Å². The summed E-state index contributed by atoms with van der Waals surface area (Å²) in [6.07, 6.45) is 1.72. The average Bonchev–Trinajstić information content (AvgIpc) is 2.98. The number of hydrogen-bond acceptors (Lipinski definition) is 3. The topological polar surface area (TPSA) is 83.8 Å². The lowest BCUT2D eigenvalue weighted by atomic mass is 10.1. The minimum absolute atomic E-state index is 0.0138. The van der Waals surface area contributed by atoms with Gasteiger partial charge in [-0.3, -0.25) is 9.89 Å². The van der Waals surface area contributed by atoms with Gasteiger partial charge < -0.3 is 11.1 Å². The van der Waals surface area contributed by atoms with Gasteiger partial charge in [0.15, 0.2) is 0 Å². The zero-order valence-corrected chi connectivity index (χ0v) is 10.9. The Hall–Kier alpha value is -2.14. The third-order valence-corrected chi connectivity index (χ3v) is 3.03. The number of aromatic nitrogens is 2. The van der Waals surface area contributed by atoms with E-state index in [2.05, 4.69) is 15.5 Å². The highest BCUT2D eigenvalue weighted by molar-refractivity contribution is 5.78. The molecule has 4 N–H and O–H groups in total. The van der Waals surface area contributed by atoms with Crippen molar-refractivity contribution in [3.8, 4) is 11.3 Å². The molecule has 0 spiro atoms. The molecule has 1 aromatic carbocycles. The number of nitrogens with two attached hydrogens (primary N) is 1. The van der Waals surface area contributed by atoms with Crippen molar-refractivity contribution in [2.45, 2.75) is 13.5 Å². The second kappa shape index (κ2) is 6.15. The summed E-state index contributed by atoms with van der Waals surface area (Å²) < 4.78 is 0. The maximum atomic E-state index is 11.6. The van der Waals surface area contributed by atoms with E-state index in [9.17, 15) is 4.79 Å². The molecule has 1 aromatic heterocycles. The van der Waals surface area contributed by atoms with Gasteiger partial charge in [-0.05, 0) is 17.2 Å². The molecule has 1 heterocycles. The standard InChI is InChI=1S/C14H18N4O/c1-10(8-15)14(19)16-9-11-2-4-12(5-3-11)13-6-7-17-18-13/h2-7,10H,8-9,15H2,1H3,(H,16,19)(H,17,18). The maximum Gasteiger partial charge on any atom is 0.224 e. The number of hydrogen-bond donors (Lipinski definition) is 3. The van der Waals surface area contributed by atoms with Gasteiger partial charge in [-0.2, -0.15) is 5.10 Å². The molecule has 1 atom stereocenters. The highest BCUT2D eigenvalue weighted by Crippen LogP contribution is 2.16. The second-order valence-electron chi connectivity index (χ2n) is 4.52. The smallest absolute Gasteiger partial charge is 0.224 e. The van der Waals surface area contributed by atoms with E-state index in [4.69, 9.17) is 5.73 Å². The SMILES string of the molecule is CC(CN)C(=O)NCc1ccc(-c2ccn[nH]2)cc1. The van der Waals surface area contributed by atoms with Crippen molar-refractivity contribution in [3.05, 3.63) is 42.1 Å². The van der Waals surface area contributed by atoms with E-state index in [1.807, 2.05) is 37.3 Å². The summed E-state index contributed by atoms with van der Waals surface area (Å²) in [5.74, 6) is -0.163. The monoisotopic (exact) mass is 258 g/mol. The second-order valence-corrected chi connectivity index (χ2v) is 4.52. The maximum absolute atomic E-state index is 11.6. The molecule has 19 heavy (non-hydrogen) atoms. The number of amides is 1. The van der Waals surface area contributed by atoms with Crippen LogP contribution in [0, 0.1) is 5.92 Å². The summed E-state index contributed by atoms with van der Waals surface area (Å²) in [5, 5.41) is 9.69. The van der Waals surface area contributed by atoms with Crippen LogP contribution in [0.25, 0.3) is 11.3 Å². The number of aromatic amines is 1. The van der Waals surface area contributed by atoms with Crippen LogP contribution in [-0.2, 0) is 11.3 Å². The zero-order valence-electron chi connectivity index (χ0n) is 10.9. The van der Waals surface area contributed by atoms with E-state index < -0.39 is 0 Å². The summed E-state index contributed by atoms with van der Waals surface area (Å²) in [4.78, 5) is 11.6. The van der Waals surface area contributed by atoms with Crippen LogP contribution in [0.2, 0.25) is 0 Å². The molecular formula is C14H18N4O. The molecule has 0 fully saturated rings. The Bertz CT molecular complexity index is 519. The number of nitrogens with one attached hydrogen (secondary N) is 2. The minimum atomic E-state index is -0.149. The summed E-state index contributed by atoms with van der Waals surface area (Å²) in [5.41, 5.74) is 8.55. The van der Waals surface area contributed by atoms with E-state index >= 15 is 0 Å². The Morgan fingerprint density at radius 2 is 2.11 bits per heavy atom. The molecule has 0 radical (unpaired) electrons. The summed E-state index contributed by atoms with van der Waals surface area (Å²) in [6, 6.07) is 9.90. The summed E-state index contributed by atoms with van der Waals surface area (Å²) in [7, 11) is 0. The molecule has 0 saturated carbocycles. The van der Waals surface area contributed by atoms with Gasteiger partial charge in [0.1, 0.15) is 0 Å². The summed E-state index contributed by atoms with van der Waals surface area (Å²) in [6.45, 7) is 2.70. The molecule has 2 rings (SSSR count). The number of H-pyrrole nitrogens is 1. The molecule has 0 bridgehead atoms. The lowest BCUT2D eigenvalue weighted by molar-refractivity contribution is -0.124. The fourth-order valence-electron chi connectivity index (χ4n) is 1.69. The van der Waals surface area contributed by atoms with Crippen LogP contribution in [-0.4, -0.2) is 22.6 Å². The van der Waals surface area contributed by atoms with E-state index in [0.717, 1.165) is 16.8 Å². The first-order valence-electron chi connectivity index (χ1n) is 6.27. The van der Waals surface area contributed by atoms with Gasteiger partial charge in [0.05, 0.1) is 5.69 Å². The van der Waals surface area contributed by atoms with Crippen molar-refractivity contribution in [2.75, 3.05) is 6.54 Å². The van der Waals surface area contributed by atoms with E-state index in [-0.39, 0.29) is 11.8 Å². The Labute approximate surface area is 112 Å². The first kappa shape index (κ1) is 13.3. The lowest BCUT2D eigenvalue weighted by Crippen LogP contribution is -2.32. The molecular weight excluding hydrogens is 240 g/mol. The number of rotatable bonds is 5. The van der Waals surface area contributed by atoms with Crippen molar-refractivity contribution >= 4 is 5.91 Å². The largest absolute Gasteiger partial charge is 0.352 e. The fraction of sp³-hybridized carbons (Fsp3) is 0.286. The predicted octanol–water partition coefficient (Wildman–Crippen LogP) is 1.29. The Kier molecular flexibility index (Phi) is 4.30. The van der Waals surface area contributed by atoms with Crippen LogP contribution in [0.5, 0.6) is 0 Å². The molecule has 100 valence electrons. The first-order chi connectivity index (χ1) is 9.20. The fourth-order valence-corrected chi connectivity index (χ4v) is 1.69. The molecule has 1 unspecified atom stereocenters. The molecule has 5 heteroatoms.